The molecular weight excluding hydrogens is 200 g/mol. The molecule has 0 unspecified atom stereocenters. The Bertz CT molecular complexity index is 471. The predicted molar refractivity (Wildman–Crippen MR) is 64.2 cm³/mol. The van der Waals surface area contributed by atoms with Crippen molar-refractivity contribution in [1.82, 2.24) is 9.55 Å². The van der Waals surface area contributed by atoms with E-state index >= 15 is 0 Å². The van der Waals surface area contributed by atoms with Gasteiger partial charge in [0.05, 0.1) is 12.3 Å². The van der Waals surface area contributed by atoms with Crippen molar-refractivity contribution >= 4 is 0 Å². The topological polar surface area (TPSA) is 38.0 Å². The van der Waals surface area contributed by atoms with Crippen LogP contribution in [0.15, 0.2) is 30.5 Å². The number of aliphatic hydroxyl groups is 1. The third-order valence-corrected chi connectivity index (χ3v) is 2.66. The van der Waals surface area contributed by atoms with Gasteiger partial charge in [0.15, 0.2) is 0 Å². The lowest BCUT2D eigenvalue weighted by atomic mass is 10.1. The minimum absolute atomic E-state index is 0.137. The molecule has 0 aliphatic carbocycles. The molecule has 0 amide bonds. The molecule has 0 fully saturated rings. The molecule has 1 N–H and O–H groups in total. The molecule has 84 valence electrons. The summed E-state index contributed by atoms with van der Waals surface area (Å²) in [5, 5.41) is 8.91. The number of benzene rings is 1. The first kappa shape index (κ1) is 10.9. The molecular formula is C13H16N2O. The lowest BCUT2D eigenvalue weighted by Crippen LogP contribution is -1.99. The smallest absolute Gasteiger partial charge is 0.111 e. The average molecular weight is 216 g/mol. The first-order valence-corrected chi connectivity index (χ1v) is 5.41. The Morgan fingerprint density at radius 3 is 2.56 bits per heavy atom. The Morgan fingerprint density at radius 2 is 1.94 bits per heavy atom. The van der Waals surface area contributed by atoms with Crippen LogP contribution in [-0.2, 0) is 13.5 Å². The van der Waals surface area contributed by atoms with Crippen LogP contribution in [0.25, 0.3) is 11.3 Å². The summed E-state index contributed by atoms with van der Waals surface area (Å²) in [6, 6.07) is 8.30. The summed E-state index contributed by atoms with van der Waals surface area (Å²) in [5.74, 6) is 0.915. The minimum atomic E-state index is 0.137. The Morgan fingerprint density at radius 1 is 1.25 bits per heavy atom. The summed E-state index contributed by atoms with van der Waals surface area (Å²) in [6.07, 6.45) is 2.60. The number of aromatic nitrogens is 2. The highest BCUT2D eigenvalue weighted by atomic mass is 16.3. The third kappa shape index (κ3) is 2.14. The maximum Gasteiger partial charge on any atom is 0.111 e. The van der Waals surface area contributed by atoms with Gasteiger partial charge in [0, 0.05) is 25.2 Å². The van der Waals surface area contributed by atoms with Crippen LogP contribution >= 0.6 is 0 Å². The van der Waals surface area contributed by atoms with Gasteiger partial charge >= 0.3 is 0 Å². The number of aliphatic hydroxyl groups excluding tert-OH is 1. The summed E-state index contributed by atoms with van der Waals surface area (Å²) < 4.78 is 1.96. The van der Waals surface area contributed by atoms with Crippen LogP contribution in [-0.4, -0.2) is 21.3 Å². The minimum Gasteiger partial charge on any atom is -0.396 e. The largest absolute Gasteiger partial charge is 0.396 e. The molecule has 0 radical (unpaired) electrons. The van der Waals surface area contributed by atoms with Gasteiger partial charge in [-0.15, -0.1) is 0 Å². The molecule has 3 nitrogen and oxygen atoms in total. The monoisotopic (exact) mass is 216 g/mol. The molecule has 1 aromatic heterocycles. The van der Waals surface area contributed by atoms with Gasteiger partial charge < -0.3 is 9.67 Å². The van der Waals surface area contributed by atoms with Gasteiger partial charge in [-0.25, -0.2) is 4.98 Å². The number of aryl methyl sites for hydroxylation is 2. The molecule has 0 atom stereocenters. The van der Waals surface area contributed by atoms with E-state index in [1.165, 1.54) is 5.56 Å². The second-order valence-electron chi connectivity index (χ2n) is 3.99. The Hall–Kier alpha value is -1.61. The molecule has 16 heavy (non-hydrogen) atoms. The number of imidazole rings is 1. The van der Waals surface area contributed by atoms with Crippen LogP contribution in [0.2, 0.25) is 0 Å². The van der Waals surface area contributed by atoms with Crippen molar-refractivity contribution in [1.29, 1.82) is 0 Å². The highest BCUT2D eigenvalue weighted by Crippen LogP contribution is 2.18. The lowest BCUT2D eigenvalue weighted by Gasteiger charge is -1.96. The second kappa shape index (κ2) is 4.49. The van der Waals surface area contributed by atoms with Gasteiger partial charge in [0.25, 0.3) is 0 Å². The fourth-order valence-corrected chi connectivity index (χ4v) is 1.70. The van der Waals surface area contributed by atoms with E-state index in [1.54, 1.807) is 0 Å². The van der Waals surface area contributed by atoms with Gasteiger partial charge in [0.2, 0.25) is 0 Å². The van der Waals surface area contributed by atoms with Crippen molar-refractivity contribution in [3.8, 4) is 11.3 Å². The zero-order chi connectivity index (χ0) is 11.5. The van der Waals surface area contributed by atoms with Gasteiger partial charge in [-0.05, 0) is 6.92 Å². The SMILES string of the molecule is Cc1ccc(-c2cn(C)c(CCO)n2)cc1. The molecule has 3 heteroatoms. The molecule has 0 aliphatic heterocycles. The normalized spacial score (nSPS) is 10.7. The molecule has 1 heterocycles. The molecule has 0 saturated carbocycles. The Balaban J connectivity index is 2.33. The lowest BCUT2D eigenvalue weighted by molar-refractivity contribution is 0.295. The van der Waals surface area contributed by atoms with Gasteiger partial charge in [-0.3, -0.25) is 0 Å². The van der Waals surface area contributed by atoms with Crippen LogP contribution in [0.5, 0.6) is 0 Å². The standard InChI is InChI=1S/C13H16N2O/c1-10-3-5-11(6-4-10)12-9-15(2)13(14-12)7-8-16/h3-6,9,16H,7-8H2,1-2H3. The maximum absolute atomic E-state index is 8.91. The third-order valence-electron chi connectivity index (χ3n) is 2.66. The fourth-order valence-electron chi connectivity index (χ4n) is 1.70. The first-order valence-electron chi connectivity index (χ1n) is 5.41. The molecule has 0 bridgehead atoms. The summed E-state index contributed by atoms with van der Waals surface area (Å²) in [5.41, 5.74) is 3.33. The molecule has 0 aliphatic rings. The highest BCUT2D eigenvalue weighted by Gasteiger charge is 2.06. The second-order valence-corrected chi connectivity index (χ2v) is 3.99. The average Bonchev–Trinajstić information content (AvgIpc) is 2.62. The number of hydrogen-bond donors (Lipinski definition) is 1. The van der Waals surface area contributed by atoms with E-state index in [2.05, 4.69) is 36.2 Å². The highest BCUT2D eigenvalue weighted by molar-refractivity contribution is 5.58. The van der Waals surface area contributed by atoms with Gasteiger partial charge in [-0.1, -0.05) is 29.8 Å². The zero-order valence-electron chi connectivity index (χ0n) is 9.64. The summed E-state index contributed by atoms with van der Waals surface area (Å²) >= 11 is 0. The molecule has 2 aromatic rings. The quantitative estimate of drug-likeness (QED) is 0.851. The number of nitrogens with zero attached hydrogens (tertiary/aromatic N) is 2. The maximum atomic E-state index is 8.91. The van der Waals surface area contributed by atoms with Crippen LogP contribution in [0.4, 0.5) is 0 Å². The van der Waals surface area contributed by atoms with E-state index in [1.807, 2.05) is 17.8 Å². The van der Waals surface area contributed by atoms with Gasteiger partial charge in [-0.2, -0.15) is 0 Å². The molecule has 0 spiro atoms. The fraction of sp³-hybridized carbons (Fsp3) is 0.308. The number of rotatable bonds is 3. The van der Waals surface area contributed by atoms with Crippen molar-refractivity contribution in [2.24, 2.45) is 7.05 Å². The van der Waals surface area contributed by atoms with Crippen LogP contribution in [0.3, 0.4) is 0 Å². The van der Waals surface area contributed by atoms with E-state index in [0.717, 1.165) is 17.1 Å². The molecule has 0 saturated heterocycles. The van der Waals surface area contributed by atoms with Crippen LogP contribution in [0, 0.1) is 6.92 Å². The summed E-state index contributed by atoms with van der Waals surface area (Å²) in [6.45, 7) is 2.21. The first-order chi connectivity index (χ1) is 7.70. The Labute approximate surface area is 95.4 Å². The Kier molecular flexibility index (Phi) is 3.06. The van der Waals surface area contributed by atoms with Crippen molar-refractivity contribution in [3.05, 3.63) is 41.9 Å². The van der Waals surface area contributed by atoms with E-state index in [0.29, 0.717) is 6.42 Å². The number of hydrogen-bond acceptors (Lipinski definition) is 2. The zero-order valence-corrected chi connectivity index (χ0v) is 9.64. The van der Waals surface area contributed by atoms with Crippen molar-refractivity contribution in [3.63, 3.8) is 0 Å². The van der Waals surface area contributed by atoms with Crippen LogP contribution < -0.4 is 0 Å². The van der Waals surface area contributed by atoms with E-state index in [-0.39, 0.29) is 6.61 Å². The van der Waals surface area contributed by atoms with Gasteiger partial charge in [0.1, 0.15) is 5.82 Å². The van der Waals surface area contributed by atoms with Crippen molar-refractivity contribution in [2.75, 3.05) is 6.61 Å². The van der Waals surface area contributed by atoms with E-state index < -0.39 is 0 Å². The van der Waals surface area contributed by atoms with E-state index in [9.17, 15) is 0 Å². The summed E-state index contributed by atoms with van der Waals surface area (Å²) in [7, 11) is 1.95. The van der Waals surface area contributed by atoms with Crippen LogP contribution in [0.1, 0.15) is 11.4 Å². The molecule has 2 rings (SSSR count). The van der Waals surface area contributed by atoms with E-state index in [4.69, 9.17) is 5.11 Å². The van der Waals surface area contributed by atoms with Crippen molar-refractivity contribution < 1.29 is 5.11 Å². The van der Waals surface area contributed by atoms with Crippen molar-refractivity contribution in [2.45, 2.75) is 13.3 Å². The summed E-state index contributed by atoms with van der Waals surface area (Å²) in [4.78, 5) is 4.50. The predicted octanol–water partition coefficient (Wildman–Crippen LogP) is 1.93. The molecule has 1 aromatic carbocycles.